The van der Waals surface area contributed by atoms with Gasteiger partial charge in [-0.25, -0.2) is 0 Å². The minimum Gasteiger partial charge on any atom is -0.497 e. The van der Waals surface area contributed by atoms with Crippen LogP contribution in [0.4, 0.5) is 0 Å². The van der Waals surface area contributed by atoms with Crippen LogP contribution in [0.1, 0.15) is 31.4 Å². The SMILES string of the molecule is COc1cccc(C(C(C)N)N(C)C2CCN(C)CC2)c1. The number of rotatable bonds is 5. The van der Waals surface area contributed by atoms with Crippen molar-refractivity contribution >= 4 is 0 Å². The second-order valence-electron chi connectivity index (χ2n) is 6.28. The topological polar surface area (TPSA) is 41.7 Å². The summed E-state index contributed by atoms with van der Waals surface area (Å²) >= 11 is 0. The van der Waals surface area contributed by atoms with Gasteiger partial charge in [0.05, 0.1) is 7.11 Å². The number of nitrogens with two attached hydrogens (primary N) is 1. The molecule has 4 heteroatoms. The summed E-state index contributed by atoms with van der Waals surface area (Å²) < 4.78 is 5.36. The van der Waals surface area contributed by atoms with Crippen molar-refractivity contribution in [2.24, 2.45) is 5.73 Å². The van der Waals surface area contributed by atoms with Gasteiger partial charge in [-0.05, 0) is 64.6 Å². The zero-order chi connectivity index (χ0) is 15.4. The predicted octanol–water partition coefficient (Wildman–Crippen LogP) is 2.11. The molecule has 2 atom stereocenters. The molecule has 21 heavy (non-hydrogen) atoms. The molecule has 1 aromatic rings. The van der Waals surface area contributed by atoms with Crippen molar-refractivity contribution in [3.63, 3.8) is 0 Å². The molecule has 1 aromatic carbocycles. The van der Waals surface area contributed by atoms with Crippen molar-refractivity contribution in [3.8, 4) is 5.75 Å². The maximum absolute atomic E-state index is 6.30. The Morgan fingerprint density at radius 2 is 2.00 bits per heavy atom. The molecule has 2 unspecified atom stereocenters. The van der Waals surface area contributed by atoms with Crippen LogP contribution in [0.3, 0.4) is 0 Å². The summed E-state index contributed by atoms with van der Waals surface area (Å²) in [4.78, 5) is 4.86. The van der Waals surface area contributed by atoms with E-state index >= 15 is 0 Å². The molecule has 2 N–H and O–H groups in total. The summed E-state index contributed by atoms with van der Waals surface area (Å²) in [5.41, 5.74) is 7.54. The van der Waals surface area contributed by atoms with E-state index < -0.39 is 0 Å². The highest BCUT2D eigenvalue weighted by Crippen LogP contribution is 2.29. The van der Waals surface area contributed by atoms with Crippen molar-refractivity contribution < 1.29 is 4.74 Å². The molecule has 1 heterocycles. The molecule has 0 amide bonds. The molecule has 118 valence electrons. The average Bonchev–Trinajstić information content (AvgIpc) is 2.48. The van der Waals surface area contributed by atoms with Gasteiger partial charge in [0, 0.05) is 18.1 Å². The third kappa shape index (κ3) is 3.96. The van der Waals surface area contributed by atoms with E-state index in [1.807, 2.05) is 12.1 Å². The van der Waals surface area contributed by atoms with Gasteiger partial charge in [0.15, 0.2) is 0 Å². The first kappa shape index (κ1) is 16.3. The first-order valence-corrected chi connectivity index (χ1v) is 7.83. The van der Waals surface area contributed by atoms with Crippen LogP contribution in [-0.2, 0) is 0 Å². The van der Waals surface area contributed by atoms with Crippen molar-refractivity contribution in [2.75, 3.05) is 34.3 Å². The Bertz CT molecular complexity index is 441. The van der Waals surface area contributed by atoms with E-state index in [0.717, 1.165) is 5.75 Å². The first-order chi connectivity index (χ1) is 10.0. The maximum Gasteiger partial charge on any atom is 0.119 e. The summed E-state index contributed by atoms with van der Waals surface area (Å²) in [5.74, 6) is 0.898. The molecule has 0 aliphatic carbocycles. The molecule has 4 nitrogen and oxygen atoms in total. The van der Waals surface area contributed by atoms with E-state index in [4.69, 9.17) is 10.5 Å². The fourth-order valence-electron chi connectivity index (χ4n) is 3.36. The molecule has 1 aliphatic rings. The number of methoxy groups -OCH3 is 1. The van der Waals surface area contributed by atoms with Crippen LogP contribution in [0.25, 0.3) is 0 Å². The zero-order valence-corrected chi connectivity index (χ0v) is 13.7. The van der Waals surface area contributed by atoms with Crippen LogP contribution in [0.2, 0.25) is 0 Å². The summed E-state index contributed by atoms with van der Waals surface area (Å²) in [6, 6.07) is 9.21. The zero-order valence-electron chi connectivity index (χ0n) is 13.7. The lowest BCUT2D eigenvalue weighted by atomic mass is 9.95. The number of nitrogens with zero attached hydrogens (tertiary/aromatic N) is 2. The lowest BCUT2D eigenvalue weighted by Gasteiger charge is -2.41. The monoisotopic (exact) mass is 291 g/mol. The number of ether oxygens (including phenoxy) is 1. The van der Waals surface area contributed by atoms with E-state index in [2.05, 4.69) is 43.0 Å². The molecule has 1 saturated heterocycles. The van der Waals surface area contributed by atoms with Gasteiger partial charge in [0.25, 0.3) is 0 Å². The molecule has 0 saturated carbocycles. The van der Waals surface area contributed by atoms with Crippen LogP contribution in [-0.4, -0.2) is 56.2 Å². The van der Waals surface area contributed by atoms with Gasteiger partial charge >= 0.3 is 0 Å². The molecular formula is C17H29N3O. The van der Waals surface area contributed by atoms with E-state index in [1.165, 1.54) is 31.5 Å². The van der Waals surface area contributed by atoms with E-state index in [0.29, 0.717) is 6.04 Å². The van der Waals surface area contributed by atoms with Gasteiger partial charge in [-0.2, -0.15) is 0 Å². The fourth-order valence-corrected chi connectivity index (χ4v) is 3.36. The second-order valence-corrected chi connectivity index (χ2v) is 6.28. The second kappa shape index (κ2) is 7.25. The third-order valence-corrected chi connectivity index (χ3v) is 4.64. The molecule has 0 spiro atoms. The molecule has 0 aromatic heterocycles. The largest absolute Gasteiger partial charge is 0.497 e. The Balaban J connectivity index is 2.17. The highest BCUT2D eigenvalue weighted by atomic mass is 16.5. The Hall–Kier alpha value is -1.10. The Kier molecular flexibility index (Phi) is 5.62. The molecule has 1 aliphatic heterocycles. The standard InChI is InChI=1S/C17H29N3O/c1-13(18)17(14-6-5-7-16(12-14)21-4)20(3)15-8-10-19(2)11-9-15/h5-7,12-13,15,17H,8-11,18H2,1-4H3. The Labute approximate surface area is 128 Å². The molecule has 1 fully saturated rings. The van der Waals surface area contributed by atoms with Gasteiger partial charge in [-0.1, -0.05) is 12.1 Å². The predicted molar refractivity (Wildman–Crippen MR) is 87.7 cm³/mol. The molecular weight excluding hydrogens is 262 g/mol. The van der Waals surface area contributed by atoms with Crippen LogP contribution in [0.5, 0.6) is 5.75 Å². The molecule has 0 radical (unpaired) electrons. The van der Waals surface area contributed by atoms with Crippen molar-refractivity contribution in [3.05, 3.63) is 29.8 Å². The highest BCUT2D eigenvalue weighted by Gasteiger charge is 2.29. The number of hydrogen-bond acceptors (Lipinski definition) is 4. The average molecular weight is 291 g/mol. The summed E-state index contributed by atoms with van der Waals surface area (Å²) in [7, 11) is 6.12. The number of benzene rings is 1. The minimum absolute atomic E-state index is 0.0850. The minimum atomic E-state index is 0.0850. The van der Waals surface area contributed by atoms with Crippen LogP contribution < -0.4 is 10.5 Å². The fraction of sp³-hybridized carbons (Fsp3) is 0.647. The lowest BCUT2D eigenvalue weighted by Crippen LogP contribution is -2.47. The van der Waals surface area contributed by atoms with Crippen LogP contribution >= 0.6 is 0 Å². The Morgan fingerprint density at radius 1 is 1.33 bits per heavy atom. The van der Waals surface area contributed by atoms with Gasteiger partial charge in [-0.3, -0.25) is 4.90 Å². The van der Waals surface area contributed by atoms with Crippen LogP contribution in [0, 0.1) is 0 Å². The quantitative estimate of drug-likeness (QED) is 0.902. The molecule has 2 rings (SSSR count). The number of likely N-dealkylation sites (N-methyl/N-ethyl adjacent to an activating group) is 1. The number of piperidine rings is 1. The van der Waals surface area contributed by atoms with Crippen molar-refractivity contribution in [1.82, 2.24) is 9.80 Å². The van der Waals surface area contributed by atoms with Gasteiger partial charge in [0.2, 0.25) is 0 Å². The van der Waals surface area contributed by atoms with Gasteiger partial charge < -0.3 is 15.4 Å². The van der Waals surface area contributed by atoms with Crippen LogP contribution in [0.15, 0.2) is 24.3 Å². The van der Waals surface area contributed by atoms with E-state index in [1.54, 1.807) is 7.11 Å². The molecule has 0 bridgehead atoms. The summed E-state index contributed by atoms with van der Waals surface area (Å²) in [5, 5.41) is 0. The van der Waals surface area contributed by atoms with E-state index in [-0.39, 0.29) is 12.1 Å². The smallest absolute Gasteiger partial charge is 0.119 e. The lowest BCUT2D eigenvalue weighted by molar-refractivity contribution is 0.0968. The maximum atomic E-state index is 6.30. The third-order valence-electron chi connectivity index (χ3n) is 4.64. The van der Waals surface area contributed by atoms with Crippen molar-refractivity contribution in [1.29, 1.82) is 0 Å². The highest BCUT2D eigenvalue weighted by molar-refractivity contribution is 5.31. The van der Waals surface area contributed by atoms with E-state index in [9.17, 15) is 0 Å². The number of likely N-dealkylation sites (tertiary alicyclic amines) is 1. The first-order valence-electron chi connectivity index (χ1n) is 7.83. The van der Waals surface area contributed by atoms with Gasteiger partial charge in [-0.15, -0.1) is 0 Å². The van der Waals surface area contributed by atoms with Gasteiger partial charge in [0.1, 0.15) is 5.75 Å². The normalized spacial score (nSPS) is 20.5. The Morgan fingerprint density at radius 3 is 2.57 bits per heavy atom. The summed E-state index contributed by atoms with van der Waals surface area (Å²) in [6.45, 7) is 4.42. The van der Waals surface area contributed by atoms with Crippen molar-refractivity contribution in [2.45, 2.75) is 37.9 Å². The summed E-state index contributed by atoms with van der Waals surface area (Å²) in [6.07, 6.45) is 2.42. The number of hydrogen-bond donors (Lipinski definition) is 1.